The fourth-order valence-electron chi connectivity index (χ4n) is 1.35. The monoisotopic (exact) mass is 235 g/mol. The Morgan fingerprint density at radius 1 is 1.65 bits per heavy atom. The van der Waals surface area contributed by atoms with E-state index >= 15 is 0 Å². The molecule has 0 atom stereocenters. The van der Waals surface area contributed by atoms with Crippen LogP contribution in [0.2, 0.25) is 0 Å². The molecule has 0 spiro atoms. The van der Waals surface area contributed by atoms with E-state index in [1.165, 1.54) is 6.20 Å². The SMILES string of the molecule is C#CCN(CC(=O)O)C(=O)c1cnn(C)c1C. The molecule has 0 radical (unpaired) electrons. The van der Waals surface area contributed by atoms with Gasteiger partial charge >= 0.3 is 5.97 Å². The number of carbonyl (C=O) groups is 2. The molecule has 0 fully saturated rings. The number of aliphatic carboxylic acids is 1. The Balaban J connectivity index is 2.96. The topological polar surface area (TPSA) is 75.4 Å². The predicted molar refractivity (Wildman–Crippen MR) is 60.3 cm³/mol. The third kappa shape index (κ3) is 2.84. The second-order valence-electron chi connectivity index (χ2n) is 3.53. The molecule has 1 rings (SSSR count). The minimum absolute atomic E-state index is 0.0422. The van der Waals surface area contributed by atoms with Crippen LogP contribution in [-0.4, -0.2) is 44.8 Å². The summed E-state index contributed by atoms with van der Waals surface area (Å²) in [6, 6.07) is 0. The molecular weight excluding hydrogens is 222 g/mol. The lowest BCUT2D eigenvalue weighted by atomic mass is 10.2. The summed E-state index contributed by atoms with van der Waals surface area (Å²) in [5.74, 6) is 0.743. The van der Waals surface area contributed by atoms with Crippen LogP contribution in [-0.2, 0) is 11.8 Å². The van der Waals surface area contributed by atoms with Gasteiger partial charge in [-0.3, -0.25) is 14.3 Å². The lowest BCUT2D eigenvalue weighted by molar-refractivity contribution is -0.137. The van der Waals surface area contributed by atoms with Crippen molar-refractivity contribution in [3.63, 3.8) is 0 Å². The minimum atomic E-state index is -1.10. The molecule has 0 aliphatic carbocycles. The first-order chi connectivity index (χ1) is 7.97. The fraction of sp³-hybridized carbons (Fsp3) is 0.364. The van der Waals surface area contributed by atoms with Gasteiger partial charge in [0.25, 0.3) is 5.91 Å². The van der Waals surface area contributed by atoms with Crippen molar-refractivity contribution in [1.82, 2.24) is 14.7 Å². The number of terminal acetylenes is 1. The third-order valence-electron chi connectivity index (χ3n) is 2.36. The van der Waals surface area contributed by atoms with Crippen LogP contribution < -0.4 is 0 Å². The number of carboxylic acid groups (broad SMARTS) is 1. The van der Waals surface area contributed by atoms with Crippen LogP contribution in [0.4, 0.5) is 0 Å². The average molecular weight is 235 g/mol. The second kappa shape index (κ2) is 5.16. The van der Waals surface area contributed by atoms with Crippen LogP contribution >= 0.6 is 0 Å². The molecule has 1 N–H and O–H groups in total. The normalized spacial score (nSPS) is 9.71. The van der Waals surface area contributed by atoms with Crippen molar-refractivity contribution in [2.24, 2.45) is 7.05 Å². The van der Waals surface area contributed by atoms with E-state index in [4.69, 9.17) is 11.5 Å². The first-order valence-electron chi connectivity index (χ1n) is 4.90. The maximum Gasteiger partial charge on any atom is 0.323 e. The van der Waals surface area contributed by atoms with Gasteiger partial charge in [0.2, 0.25) is 0 Å². The van der Waals surface area contributed by atoms with Gasteiger partial charge in [-0.1, -0.05) is 5.92 Å². The summed E-state index contributed by atoms with van der Waals surface area (Å²) < 4.78 is 1.54. The molecular formula is C11H13N3O3. The third-order valence-corrected chi connectivity index (χ3v) is 2.36. The van der Waals surface area contributed by atoms with Crippen LogP contribution in [0.5, 0.6) is 0 Å². The highest BCUT2D eigenvalue weighted by Crippen LogP contribution is 2.09. The Labute approximate surface area is 98.8 Å². The Bertz CT molecular complexity index is 485. The Kier molecular flexibility index (Phi) is 3.88. The number of carboxylic acids is 1. The molecule has 6 nitrogen and oxygen atoms in total. The molecule has 0 aliphatic heterocycles. The van der Waals surface area contributed by atoms with Crippen LogP contribution in [0.25, 0.3) is 0 Å². The largest absolute Gasteiger partial charge is 0.480 e. The van der Waals surface area contributed by atoms with Gasteiger partial charge < -0.3 is 10.0 Å². The summed E-state index contributed by atoms with van der Waals surface area (Å²) in [6.07, 6.45) is 6.51. The number of hydrogen-bond donors (Lipinski definition) is 1. The number of rotatable bonds is 4. The number of nitrogens with zero attached hydrogens (tertiary/aromatic N) is 3. The minimum Gasteiger partial charge on any atom is -0.480 e. The van der Waals surface area contributed by atoms with E-state index < -0.39 is 18.4 Å². The molecule has 0 saturated carbocycles. The predicted octanol–water partition coefficient (Wildman–Crippen LogP) is -0.111. The Morgan fingerprint density at radius 2 is 2.29 bits per heavy atom. The second-order valence-corrected chi connectivity index (χ2v) is 3.53. The van der Waals surface area contributed by atoms with Gasteiger partial charge in [-0.2, -0.15) is 5.10 Å². The number of aryl methyl sites for hydroxylation is 1. The van der Waals surface area contributed by atoms with Gasteiger partial charge in [-0.05, 0) is 6.92 Å². The van der Waals surface area contributed by atoms with Gasteiger partial charge in [0.05, 0.1) is 18.3 Å². The van der Waals surface area contributed by atoms with Gasteiger partial charge in [0.15, 0.2) is 0 Å². The van der Waals surface area contributed by atoms with E-state index in [1.807, 2.05) is 0 Å². The molecule has 0 aromatic carbocycles. The van der Waals surface area contributed by atoms with Crippen LogP contribution in [0.1, 0.15) is 16.1 Å². The van der Waals surface area contributed by atoms with E-state index in [0.29, 0.717) is 11.3 Å². The summed E-state index contributed by atoms with van der Waals surface area (Å²) in [5, 5.41) is 12.6. The average Bonchev–Trinajstić information content (AvgIpc) is 2.58. The number of aromatic nitrogens is 2. The maximum atomic E-state index is 12.0. The molecule has 1 aromatic heterocycles. The van der Waals surface area contributed by atoms with Crippen LogP contribution in [0.3, 0.4) is 0 Å². The number of hydrogen-bond acceptors (Lipinski definition) is 3. The van der Waals surface area contributed by atoms with E-state index in [-0.39, 0.29) is 6.54 Å². The van der Waals surface area contributed by atoms with Crippen molar-refractivity contribution < 1.29 is 14.7 Å². The molecule has 0 unspecified atom stereocenters. The van der Waals surface area contributed by atoms with Gasteiger partial charge in [-0.15, -0.1) is 6.42 Å². The molecule has 1 amide bonds. The van der Waals surface area contributed by atoms with Crippen molar-refractivity contribution >= 4 is 11.9 Å². The maximum absolute atomic E-state index is 12.0. The Morgan fingerprint density at radius 3 is 2.71 bits per heavy atom. The van der Waals surface area contributed by atoms with Crippen molar-refractivity contribution in [2.75, 3.05) is 13.1 Å². The summed E-state index contributed by atoms with van der Waals surface area (Å²) in [4.78, 5) is 23.7. The number of carbonyl (C=O) groups excluding carboxylic acids is 1. The first kappa shape index (κ1) is 12.8. The molecule has 0 saturated heterocycles. The highest BCUT2D eigenvalue weighted by Gasteiger charge is 2.21. The Hall–Kier alpha value is -2.29. The van der Waals surface area contributed by atoms with E-state index in [2.05, 4.69) is 11.0 Å². The smallest absolute Gasteiger partial charge is 0.323 e. The van der Waals surface area contributed by atoms with Crippen molar-refractivity contribution in [2.45, 2.75) is 6.92 Å². The van der Waals surface area contributed by atoms with Crippen molar-refractivity contribution in [3.8, 4) is 12.3 Å². The quantitative estimate of drug-likeness (QED) is 0.739. The van der Waals surface area contributed by atoms with Gasteiger partial charge in [0.1, 0.15) is 6.54 Å². The highest BCUT2D eigenvalue weighted by molar-refractivity contribution is 5.96. The summed E-state index contributed by atoms with van der Waals surface area (Å²) >= 11 is 0. The zero-order chi connectivity index (χ0) is 13.0. The van der Waals surface area contributed by atoms with Gasteiger partial charge in [-0.25, -0.2) is 0 Å². The van der Waals surface area contributed by atoms with E-state index in [1.54, 1.807) is 18.7 Å². The summed E-state index contributed by atoms with van der Waals surface area (Å²) in [7, 11) is 1.70. The standard InChI is InChI=1S/C11H13N3O3/c1-4-5-14(7-10(15)16)11(17)9-6-12-13(3)8(9)2/h1,6H,5,7H2,2-3H3,(H,15,16). The molecule has 1 aromatic rings. The summed E-state index contributed by atoms with van der Waals surface area (Å²) in [6.45, 7) is 1.27. The molecule has 0 bridgehead atoms. The van der Waals surface area contributed by atoms with Gasteiger partial charge in [0, 0.05) is 12.7 Å². The first-order valence-corrected chi connectivity index (χ1v) is 4.90. The fourth-order valence-corrected chi connectivity index (χ4v) is 1.35. The molecule has 1 heterocycles. The summed E-state index contributed by atoms with van der Waals surface area (Å²) in [5.41, 5.74) is 1.03. The van der Waals surface area contributed by atoms with Crippen LogP contribution in [0.15, 0.2) is 6.20 Å². The lowest BCUT2D eigenvalue weighted by Gasteiger charge is -2.17. The molecule has 0 aliphatic rings. The molecule has 17 heavy (non-hydrogen) atoms. The molecule has 90 valence electrons. The zero-order valence-corrected chi connectivity index (χ0v) is 9.67. The lowest BCUT2D eigenvalue weighted by Crippen LogP contribution is -2.36. The van der Waals surface area contributed by atoms with Crippen LogP contribution in [0, 0.1) is 19.3 Å². The van der Waals surface area contributed by atoms with Crippen molar-refractivity contribution in [3.05, 3.63) is 17.5 Å². The zero-order valence-electron chi connectivity index (χ0n) is 9.67. The van der Waals surface area contributed by atoms with Crippen molar-refractivity contribution in [1.29, 1.82) is 0 Å². The van der Waals surface area contributed by atoms with E-state index in [9.17, 15) is 9.59 Å². The number of amides is 1. The highest BCUT2D eigenvalue weighted by atomic mass is 16.4. The molecule has 6 heteroatoms. The van der Waals surface area contributed by atoms with E-state index in [0.717, 1.165) is 4.90 Å².